The maximum absolute atomic E-state index is 13.3. The van der Waals surface area contributed by atoms with E-state index in [-0.39, 0.29) is 22.7 Å². The monoisotopic (exact) mass is 514 g/mol. The van der Waals surface area contributed by atoms with E-state index in [0.717, 1.165) is 36.2 Å². The summed E-state index contributed by atoms with van der Waals surface area (Å²) in [5, 5.41) is 3.03. The number of benzene rings is 2. The van der Waals surface area contributed by atoms with Gasteiger partial charge in [0.2, 0.25) is 15.9 Å². The van der Waals surface area contributed by atoms with Gasteiger partial charge >= 0.3 is 6.18 Å². The van der Waals surface area contributed by atoms with Gasteiger partial charge < -0.3 is 5.32 Å². The van der Waals surface area contributed by atoms with Crippen LogP contribution in [0.2, 0.25) is 0 Å². The second-order valence-corrected chi connectivity index (χ2v) is 10.9. The number of halogens is 4. The highest BCUT2D eigenvalue weighted by Gasteiger charge is 2.42. The average Bonchev–Trinajstić information content (AvgIpc) is 2.80. The number of hydrogen-bond donors (Lipinski definition) is 2. The number of amides is 1. The third-order valence-electron chi connectivity index (χ3n) is 6.68. The van der Waals surface area contributed by atoms with E-state index in [9.17, 15) is 30.8 Å². The zero-order valence-electron chi connectivity index (χ0n) is 19.7. The fourth-order valence-corrected chi connectivity index (χ4v) is 5.96. The Balaban J connectivity index is 1.64. The van der Waals surface area contributed by atoms with Crippen molar-refractivity contribution in [2.75, 3.05) is 0 Å². The summed E-state index contributed by atoms with van der Waals surface area (Å²) in [5.41, 5.74) is -0.775. The van der Waals surface area contributed by atoms with Gasteiger partial charge in [-0.25, -0.2) is 17.5 Å². The molecular weight excluding hydrogens is 484 g/mol. The minimum Gasteiger partial charge on any atom is -0.349 e. The van der Waals surface area contributed by atoms with Crippen LogP contribution in [0.5, 0.6) is 0 Å². The number of rotatable bonds is 8. The van der Waals surface area contributed by atoms with E-state index in [1.807, 2.05) is 13.8 Å². The van der Waals surface area contributed by atoms with Crippen LogP contribution in [0.4, 0.5) is 17.6 Å². The van der Waals surface area contributed by atoms with Crippen molar-refractivity contribution >= 4 is 15.9 Å². The van der Waals surface area contributed by atoms with Crippen molar-refractivity contribution < 1.29 is 30.8 Å². The molecule has 5 nitrogen and oxygen atoms in total. The molecule has 0 radical (unpaired) electrons. The van der Waals surface area contributed by atoms with Gasteiger partial charge in [-0.3, -0.25) is 4.79 Å². The van der Waals surface area contributed by atoms with Gasteiger partial charge in [0.05, 0.1) is 16.5 Å². The molecule has 10 heteroatoms. The topological polar surface area (TPSA) is 75.3 Å². The fraction of sp³-hybridized carbons (Fsp3) is 0.480. The zero-order valence-corrected chi connectivity index (χ0v) is 20.5. The van der Waals surface area contributed by atoms with Crippen molar-refractivity contribution in [1.29, 1.82) is 0 Å². The molecule has 0 saturated heterocycles. The van der Waals surface area contributed by atoms with Gasteiger partial charge in [0.1, 0.15) is 5.82 Å². The molecule has 2 N–H and O–H groups in total. The molecule has 2 aromatic rings. The predicted octanol–water partition coefficient (Wildman–Crippen LogP) is 5.73. The molecule has 1 fully saturated rings. The SMILES string of the molecule is CCCC1(C(=O)N[C@H](C)c2ccc(F)cc2)CCC(NS(=O)(=O)c2ccc(C(F)(F)F)cc2)CC1. The fourth-order valence-electron chi connectivity index (χ4n) is 4.65. The van der Waals surface area contributed by atoms with E-state index in [2.05, 4.69) is 10.0 Å². The molecule has 1 aliphatic carbocycles. The number of carbonyl (C=O) groups is 1. The van der Waals surface area contributed by atoms with Crippen LogP contribution in [0.3, 0.4) is 0 Å². The van der Waals surface area contributed by atoms with Crippen molar-refractivity contribution in [3.8, 4) is 0 Å². The van der Waals surface area contributed by atoms with Gasteiger partial charge in [-0.1, -0.05) is 25.5 Å². The number of sulfonamides is 1. The van der Waals surface area contributed by atoms with Gasteiger partial charge in [-0.05, 0) is 81.0 Å². The summed E-state index contributed by atoms with van der Waals surface area (Å²) in [5.74, 6) is -0.466. The summed E-state index contributed by atoms with van der Waals surface area (Å²) < 4.78 is 79.5. The van der Waals surface area contributed by atoms with E-state index < -0.39 is 33.2 Å². The maximum Gasteiger partial charge on any atom is 0.416 e. The van der Waals surface area contributed by atoms with Crippen molar-refractivity contribution in [1.82, 2.24) is 10.0 Å². The summed E-state index contributed by atoms with van der Waals surface area (Å²) in [7, 11) is -4.00. The van der Waals surface area contributed by atoms with E-state index >= 15 is 0 Å². The smallest absolute Gasteiger partial charge is 0.349 e. The van der Waals surface area contributed by atoms with Gasteiger partial charge in [0.25, 0.3) is 0 Å². The second kappa shape index (κ2) is 10.7. The Morgan fingerprint density at radius 3 is 2.14 bits per heavy atom. The van der Waals surface area contributed by atoms with Crippen molar-refractivity contribution in [3.63, 3.8) is 0 Å². The van der Waals surface area contributed by atoms with E-state index in [4.69, 9.17) is 0 Å². The molecule has 0 aromatic heterocycles. The molecule has 2 aromatic carbocycles. The Kier molecular flexibility index (Phi) is 8.26. The van der Waals surface area contributed by atoms with Crippen LogP contribution in [0.25, 0.3) is 0 Å². The Morgan fingerprint density at radius 1 is 1.06 bits per heavy atom. The number of nitrogens with one attached hydrogen (secondary N) is 2. The second-order valence-electron chi connectivity index (χ2n) is 9.19. The lowest BCUT2D eigenvalue weighted by molar-refractivity contribution is -0.137. The van der Waals surface area contributed by atoms with Crippen LogP contribution < -0.4 is 10.0 Å². The van der Waals surface area contributed by atoms with Crippen LogP contribution in [0, 0.1) is 11.2 Å². The minimum absolute atomic E-state index is 0.111. The lowest BCUT2D eigenvalue weighted by Gasteiger charge is -2.39. The normalized spacial score (nSPS) is 21.9. The molecular formula is C25H30F4N2O3S. The first-order valence-electron chi connectivity index (χ1n) is 11.6. The van der Waals surface area contributed by atoms with Gasteiger partial charge in [0, 0.05) is 11.5 Å². The molecule has 1 atom stereocenters. The molecule has 3 rings (SSSR count). The lowest BCUT2D eigenvalue weighted by Crippen LogP contribution is -2.47. The van der Waals surface area contributed by atoms with E-state index in [1.165, 1.54) is 12.1 Å². The highest BCUT2D eigenvalue weighted by molar-refractivity contribution is 7.89. The first-order valence-corrected chi connectivity index (χ1v) is 13.1. The number of carbonyl (C=O) groups excluding carboxylic acids is 1. The quantitative estimate of drug-likeness (QED) is 0.442. The summed E-state index contributed by atoms with van der Waals surface area (Å²) in [6.07, 6.45) is -1.31. The Labute approximate surface area is 203 Å². The van der Waals surface area contributed by atoms with Gasteiger partial charge in [-0.15, -0.1) is 0 Å². The maximum atomic E-state index is 13.3. The summed E-state index contributed by atoms with van der Waals surface area (Å²) in [6, 6.07) is 8.57. The standard InChI is InChI=1S/C25H30F4N2O3S/c1-3-14-24(23(32)30-17(2)18-4-8-20(26)9-5-18)15-12-21(13-16-24)31-35(33,34)22-10-6-19(7-11-22)25(27,28)29/h4-11,17,21,31H,3,12-16H2,1-2H3,(H,30,32)/t17-,21?,24?/m1/s1. The van der Waals surface area contributed by atoms with Crippen molar-refractivity contribution in [2.45, 2.75) is 75.5 Å². The van der Waals surface area contributed by atoms with Crippen molar-refractivity contribution in [2.24, 2.45) is 5.41 Å². The van der Waals surface area contributed by atoms with E-state index in [1.54, 1.807) is 12.1 Å². The molecule has 1 aliphatic rings. The summed E-state index contributed by atoms with van der Waals surface area (Å²) >= 11 is 0. The van der Waals surface area contributed by atoms with Crippen molar-refractivity contribution in [3.05, 3.63) is 65.5 Å². The van der Waals surface area contributed by atoms with Crippen LogP contribution >= 0.6 is 0 Å². The molecule has 0 aliphatic heterocycles. The van der Waals surface area contributed by atoms with E-state index in [0.29, 0.717) is 32.1 Å². The van der Waals surface area contributed by atoms with Crippen LogP contribution in [-0.4, -0.2) is 20.4 Å². The average molecular weight is 515 g/mol. The largest absolute Gasteiger partial charge is 0.416 e. The highest BCUT2D eigenvalue weighted by atomic mass is 32.2. The lowest BCUT2D eigenvalue weighted by atomic mass is 9.69. The molecule has 35 heavy (non-hydrogen) atoms. The van der Waals surface area contributed by atoms with Crippen LogP contribution in [-0.2, 0) is 21.0 Å². The summed E-state index contributed by atoms with van der Waals surface area (Å²) in [4.78, 5) is 13.0. The van der Waals surface area contributed by atoms with Crippen LogP contribution in [0.15, 0.2) is 53.4 Å². The third-order valence-corrected chi connectivity index (χ3v) is 8.22. The third kappa shape index (κ3) is 6.61. The molecule has 0 spiro atoms. The molecule has 0 bridgehead atoms. The predicted molar refractivity (Wildman–Crippen MR) is 124 cm³/mol. The van der Waals surface area contributed by atoms with Gasteiger partial charge in [-0.2, -0.15) is 13.2 Å². The molecule has 1 amide bonds. The first-order chi connectivity index (χ1) is 16.4. The Bertz CT molecular complexity index is 1110. The Morgan fingerprint density at radius 2 is 1.63 bits per heavy atom. The zero-order chi connectivity index (χ0) is 25.9. The Hall–Kier alpha value is -2.46. The molecule has 192 valence electrons. The summed E-state index contributed by atoms with van der Waals surface area (Å²) in [6.45, 7) is 3.81. The minimum atomic E-state index is -4.55. The molecule has 0 unspecified atom stereocenters. The molecule has 1 saturated carbocycles. The van der Waals surface area contributed by atoms with Gasteiger partial charge in [0.15, 0.2) is 0 Å². The highest BCUT2D eigenvalue weighted by Crippen LogP contribution is 2.41. The van der Waals surface area contributed by atoms with Crippen LogP contribution in [0.1, 0.15) is 69.5 Å². The first kappa shape index (κ1) is 27.1. The molecule has 0 heterocycles. The number of alkyl halides is 3. The number of hydrogen-bond acceptors (Lipinski definition) is 3.